The van der Waals surface area contributed by atoms with Crippen LogP contribution in [0.25, 0.3) is 11.5 Å². The summed E-state index contributed by atoms with van der Waals surface area (Å²) >= 11 is 0. The molecule has 32 heavy (non-hydrogen) atoms. The Kier molecular flexibility index (Phi) is 6.04. The van der Waals surface area contributed by atoms with Crippen molar-refractivity contribution in [2.75, 3.05) is 4.72 Å². The largest absolute Gasteiger partial charge is 0.463 e. The second-order valence-electron chi connectivity index (χ2n) is 7.21. The average molecular weight is 448 g/mol. The van der Waals surface area contributed by atoms with Crippen molar-refractivity contribution in [2.24, 2.45) is 0 Å². The van der Waals surface area contributed by atoms with Crippen molar-refractivity contribution >= 4 is 21.6 Å². The molecule has 8 heteroatoms. The van der Waals surface area contributed by atoms with Crippen LogP contribution in [0.5, 0.6) is 0 Å². The number of benzene rings is 2. The topological polar surface area (TPSA) is 101 Å². The van der Waals surface area contributed by atoms with Crippen molar-refractivity contribution in [1.82, 2.24) is 10.3 Å². The van der Waals surface area contributed by atoms with Gasteiger partial charge in [0.05, 0.1) is 11.2 Å². The molecule has 0 saturated carbocycles. The van der Waals surface area contributed by atoms with Crippen molar-refractivity contribution in [3.05, 3.63) is 102 Å². The summed E-state index contributed by atoms with van der Waals surface area (Å²) in [5.74, 6) is 0.409. The lowest BCUT2D eigenvalue weighted by atomic mass is 10.2. The van der Waals surface area contributed by atoms with Crippen LogP contribution in [0.2, 0.25) is 0 Å². The molecule has 0 spiro atoms. The highest BCUT2D eigenvalue weighted by Gasteiger charge is 2.14. The second-order valence-corrected chi connectivity index (χ2v) is 8.89. The number of carbonyl (C=O) groups is 1. The van der Waals surface area contributed by atoms with Crippen molar-refractivity contribution in [3.8, 4) is 11.5 Å². The first-order chi connectivity index (χ1) is 15.4. The minimum Gasteiger partial charge on any atom is -0.463 e. The molecule has 0 aliphatic rings. The molecule has 0 fully saturated rings. The Hall–Kier alpha value is -3.91. The summed E-state index contributed by atoms with van der Waals surface area (Å²) in [7, 11) is -3.70. The predicted octanol–water partition coefficient (Wildman–Crippen LogP) is 4.38. The zero-order chi connectivity index (χ0) is 22.6. The van der Waals surface area contributed by atoms with Crippen LogP contribution < -0.4 is 10.0 Å². The van der Waals surface area contributed by atoms with Crippen molar-refractivity contribution in [3.63, 3.8) is 0 Å². The van der Waals surface area contributed by atoms with Crippen LogP contribution in [0.3, 0.4) is 0 Å². The molecule has 2 aromatic heterocycles. The first-order valence-corrected chi connectivity index (χ1v) is 11.4. The number of amides is 1. The zero-order valence-corrected chi connectivity index (χ0v) is 18.1. The molecule has 7 nitrogen and oxygen atoms in total. The third kappa shape index (κ3) is 5.04. The third-order valence-corrected chi connectivity index (χ3v) is 6.13. The minimum absolute atomic E-state index is 0.186. The normalized spacial score (nSPS) is 11.2. The Morgan fingerprint density at radius 3 is 2.47 bits per heavy atom. The van der Waals surface area contributed by atoms with E-state index in [1.807, 2.05) is 31.2 Å². The number of anilines is 1. The lowest BCUT2D eigenvalue weighted by Gasteiger charge is -2.10. The molecule has 4 aromatic rings. The molecule has 162 valence electrons. The van der Waals surface area contributed by atoms with Gasteiger partial charge in [-0.3, -0.25) is 14.5 Å². The number of pyridine rings is 1. The van der Waals surface area contributed by atoms with E-state index < -0.39 is 10.0 Å². The van der Waals surface area contributed by atoms with Gasteiger partial charge in [-0.1, -0.05) is 18.2 Å². The van der Waals surface area contributed by atoms with Crippen molar-refractivity contribution < 1.29 is 17.6 Å². The van der Waals surface area contributed by atoms with Crippen LogP contribution in [0.15, 0.2) is 94.6 Å². The van der Waals surface area contributed by atoms with Crippen LogP contribution in [0.1, 0.15) is 21.5 Å². The molecule has 0 radical (unpaired) electrons. The van der Waals surface area contributed by atoms with E-state index in [9.17, 15) is 13.2 Å². The van der Waals surface area contributed by atoms with Gasteiger partial charge in [0.1, 0.15) is 5.69 Å². The Balaban J connectivity index is 1.36. The van der Waals surface area contributed by atoms with Gasteiger partial charge in [0.2, 0.25) is 0 Å². The van der Waals surface area contributed by atoms with Gasteiger partial charge in [-0.2, -0.15) is 0 Å². The Morgan fingerprint density at radius 2 is 1.81 bits per heavy atom. The highest BCUT2D eigenvalue weighted by atomic mass is 32.2. The van der Waals surface area contributed by atoms with Crippen molar-refractivity contribution in [1.29, 1.82) is 0 Å². The molecule has 0 atom stereocenters. The van der Waals surface area contributed by atoms with E-state index in [2.05, 4.69) is 15.0 Å². The zero-order valence-electron chi connectivity index (χ0n) is 17.3. The summed E-state index contributed by atoms with van der Waals surface area (Å²) < 4.78 is 32.9. The maximum absolute atomic E-state index is 12.5. The fourth-order valence-corrected chi connectivity index (χ4v) is 4.23. The lowest BCUT2D eigenvalue weighted by molar-refractivity contribution is 0.0951. The molecule has 4 rings (SSSR count). The van der Waals surface area contributed by atoms with Gasteiger partial charge < -0.3 is 9.73 Å². The van der Waals surface area contributed by atoms with Gasteiger partial charge >= 0.3 is 0 Å². The van der Waals surface area contributed by atoms with Crippen LogP contribution >= 0.6 is 0 Å². The molecular weight excluding hydrogens is 426 g/mol. The van der Waals surface area contributed by atoms with Gasteiger partial charge in [0.25, 0.3) is 15.9 Å². The number of sulfonamides is 1. The van der Waals surface area contributed by atoms with Gasteiger partial charge in [-0.25, -0.2) is 8.42 Å². The predicted molar refractivity (Wildman–Crippen MR) is 122 cm³/mol. The lowest BCUT2D eigenvalue weighted by Crippen LogP contribution is -2.22. The van der Waals surface area contributed by atoms with E-state index in [1.54, 1.807) is 54.9 Å². The number of nitrogens with one attached hydrogen (secondary N) is 2. The Bertz CT molecular complexity index is 1310. The summed E-state index contributed by atoms with van der Waals surface area (Å²) in [6, 6.07) is 20.2. The number of nitrogens with zero attached hydrogens (tertiary/aromatic N) is 1. The van der Waals surface area contributed by atoms with Crippen LogP contribution in [0.4, 0.5) is 5.69 Å². The summed E-state index contributed by atoms with van der Waals surface area (Å²) in [6.07, 6.45) is 3.27. The monoisotopic (exact) mass is 447 g/mol. The number of carbonyl (C=O) groups excluding carboxylic acids is 1. The summed E-state index contributed by atoms with van der Waals surface area (Å²) in [5, 5.41) is 2.83. The molecule has 2 heterocycles. The average Bonchev–Trinajstić information content (AvgIpc) is 3.33. The quantitative estimate of drug-likeness (QED) is 0.438. The number of furan rings is 1. The molecule has 0 aliphatic carbocycles. The number of rotatable bonds is 7. The van der Waals surface area contributed by atoms with E-state index in [0.717, 1.165) is 11.1 Å². The van der Waals surface area contributed by atoms with E-state index in [-0.39, 0.29) is 10.8 Å². The molecule has 0 bridgehead atoms. The highest BCUT2D eigenvalue weighted by molar-refractivity contribution is 7.92. The van der Waals surface area contributed by atoms with E-state index in [1.165, 1.54) is 6.07 Å². The molecule has 0 aliphatic heterocycles. The van der Waals surface area contributed by atoms with Crippen molar-refractivity contribution in [2.45, 2.75) is 18.4 Å². The highest BCUT2D eigenvalue weighted by Crippen LogP contribution is 2.19. The number of hydrogen-bond acceptors (Lipinski definition) is 5. The molecular formula is C24H21N3O4S. The Labute approximate surface area is 186 Å². The fraction of sp³-hybridized carbons (Fsp3) is 0.0833. The van der Waals surface area contributed by atoms with E-state index >= 15 is 0 Å². The Morgan fingerprint density at radius 1 is 1.00 bits per heavy atom. The van der Waals surface area contributed by atoms with Crippen LogP contribution in [0, 0.1) is 6.92 Å². The van der Waals surface area contributed by atoms with Gasteiger partial charge in [0.15, 0.2) is 5.76 Å². The van der Waals surface area contributed by atoms with Crippen LogP contribution in [-0.2, 0) is 16.6 Å². The third-order valence-electron chi connectivity index (χ3n) is 4.75. The van der Waals surface area contributed by atoms with E-state index in [0.29, 0.717) is 29.2 Å². The summed E-state index contributed by atoms with van der Waals surface area (Å²) in [6.45, 7) is 2.14. The molecule has 2 aromatic carbocycles. The molecule has 0 saturated heterocycles. The molecule has 1 amide bonds. The van der Waals surface area contributed by atoms with Gasteiger partial charge in [-0.05, 0) is 72.6 Å². The second kappa shape index (κ2) is 9.07. The van der Waals surface area contributed by atoms with Gasteiger partial charge in [-0.15, -0.1) is 0 Å². The minimum atomic E-state index is -3.70. The summed E-state index contributed by atoms with van der Waals surface area (Å²) in [4.78, 5) is 17.0. The first-order valence-electron chi connectivity index (χ1n) is 9.87. The fourth-order valence-electron chi connectivity index (χ4n) is 3.07. The SMILES string of the molecule is Cc1cccc(S(=O)(=O)Nc2ccc(C(=O)NCc3ccc(-c4ccco4)nc3)cc2)c1. The number of hydrogen-bond donors (Lipinski definition) is 2. The molecule has 2 N–H and O–H groups in total. The van der Waals surface area contributed by atoms with E-state index in [4.69, 9.17) is 4.42 Å². The first kappa shape index (κ1) is 21.3. The summed E-state index contributed by atoms with van der Waals surface area (Å²) in [5.41, 5.74) is 3.21. The maximum atomic E-state index is 12.5. The maximum Gasteiger partial charge on any atom is 0.261 e. The van der Waals surface area contributed by atoms with Crippen LogP contribution in [-0.4, -0.2) is 19.3 Å². The smallest absolute Gasteiger partial charge is 0.261 e. The molecule has 0 unspecified atom stereocenters. The number of aryl methyl sites for hydroxylation is 1. The number of aromatic nitrogens is 1. The van der Waals surface area contributed by atoms with Gasteiger partial charge in [0, 0.05) is 24.0 Å². The standard InChI is InChI=1S/C24H21N3O4S/c1-17-4-2-5-21(14-17)32(29,30)27-20-10-8-19(9-11-20)24(28)26-16-18-7-12-22(25-15-18)23-6-3-13-31-23/h2-15,27H,16H2,1H3,(H,26,28).